The molecule has 160 valence electrons. The molecule has 3 aromatic carbocycles. The van der Waals surface area contributed by atoms with E-state index in [1.54, 1.807) is 0 Å². The molecule has 0 bridgehead atoms. The first-order valence-electron chi connectivity index (χ1n) is 10.5. The predicted molar refractivity (Wildman–Crippen MR) is 123 cm³/mol. The maximum atomic E-state index is 8.25. The van der Waals surface area contributed by atoms with Gasteiger partial charge in [0.25, 0.3) is 0 Å². The van der Waals surface area contributed by atoms with Crippen LogP contribution in [-0.4, -0.2) is 39.5 Å². The van der Waals surface area contributed by atoms with E-state index in [0.717, 1.165) is 0 Å². The van der Waals surface area contributed by atoms with Crippen molar-refractivity contribution in [3.05, 3.63) is 118 Å². The zero-order valence-corrected chi connectivity index (χ0v) is 17.6. The molecule has 0 radical (unpaired) electrons. The van der Waals surface area contributed by atoms with Gasteiger partial charge in [0.05, 0.1) is 32.0 Å². The predicted octanol–water partition coefficient (Wildman–Crippen LogP) is 4.91. The first kappa shape index (κ1) is 22.5. The highest BCUT2D eigenvalue weighted by molar-refractivity contribution is 5.49. The maximum Gasteiger partial charge on any atom is 0.0948 e. The molecule has 0 aromatic heterocycles. The number of ether oxygens (including phenoxy) is 2. The fraction of sp³-hybridized carbons (Fsp3) is 0.280. The third-order valence-corrected chi connectivity index (χ3v) is 5.03. The molecule has 0 aliphatic carbocycles. The van der Waals surface area contributed by atoms with Crippen LogP contribution < -0.4 is 5.32 Å². The summed E-state index contributed by atoms with van der Waals surface area (Å²) in [6.07, 6.45) is 0. The van der Waals surface area contributed by atoms with Crippen LogP contribution in [0.2, 0.25) is 0 Å². The Kier molecular flexibility index (Phi) is 9.10. The largest absolute Gasteiger partial charge is 0.379 e. The first-order chi connectivity index (χ1) is 15.4. The Hall–Kier alpha value is -3.15. The average Bonchev–Trinajstić information content (AvgIpc) is 2.84. The molecule has 6 heteroatoms. The van der Waals surface area contributed by atoms with Crippen molar-refractivity contribution in [3.8, 4) is 0 Å². The van der Waals surface area contributed by atoms with E-state index in [4.69, 9.17) is 15.0 Å². The molecule has 0 heterocycles. The van der Waals surface area contributed by atoms with E-state index >= 15 is 0 Å². The molecule has 6 nitrogen and oxygen atoms in total. The Morgan fingerprint density at radius 2 is 1.13 bits per heavy atom. The Bertz CT molecular complexity index is 833. The van der Waals surface area contributed by atoms with Crippen LogP contribution >= 0.6 is 0 Å². The number of benzene rings is 3. The lowest BCUT2D eigenvalue weighted by atomic mass is 9.77. The van der Waals surface area contributed by atoms with Crippen molar-refractivity contribution < 1.29 is 9.47 Å². The van der Waals surface area contributed by atoms with E-state index in [1.165, 1.54) is 16.7 Å². The van der Waals surface area contributed by atoms with Gasteiger partial charge in [-0.2, -0.15) is 0 Å². The Balaban J connectivity index is 1.72. The summed E-state index contributed by atoms with van der Waals surface area (Å²) in [6.45, 7) is 2.93. The molecule has 3 aromatic rings. The molecule has 0 amide bonds. The third-order valence-electron chi connectivity index (χ3n) is 5.03. The Morgan fingerprint density at radius 3 is 1.58 bits per heavy atom. The van der Waals surface area contributed by atoms with Crippen molar-refractivity contribution in [3.63, 3.8) is 0 Å². The highest BCUT2D eigenvalue weighted by Gasteiger charge is 2.35. The molecule has 0 fully saturated rings. The number of azide groups is 1. The van der Waals surface area contributed by atoms with Crippen LogP contribution in [0.3, 0.4) is 0 Å². The van der Waals surface area contributed by atoms with Crippen molar-refractivity contribution in [1.82, 2.24) is 5.32 Å². The van der Waals surface area contributed by atoms with Crippen LogP contribution in [0.1, 0.15) is 16.7 Å². The SMILES string of the molecule is [N-]=[N+]=NCCOCCOCCNC(c1ccccc1)(c1ccccc1)c1ccccc1. The summed E-state index contributed by atoms with van der Waals surface area (Å²) in [6, 6.07) is 31.5. The van der Waals surface area contributed by atoms with E-state index in [2.05, 4.69) is 88.1 Å². The first-order valence-corrected chi connectivity index (χ1v) is 10.5. The van der Waals surface area contributed by atoms with Gasteiger partial charge in [-0.25, -0.2) is 0 Å². The van der Waals surface area contributed by atoms with Crippen LogP contribution in [-0.2, 0) is 15.0 Å². The van der Waals surface area contributed by atoms with E-state index in [9.17, 15) is 0 Å². The van der Waals surface area contributed by atoms with Gasteiger partial charge in [-0.05, 0) is 22.2 Å². The smallest absolute Gasteiger partial charge is 0.0948 e. The maximum absolute atomic E-state index is 8.25. The lowest BCUT2D eigenvalue weighted by molar-refractivity contribution is 0.0507. The second kappa shape index (κ2) is 12.5. The van der Waals surface area contributed by atoms with Crippen molar-refractivity contribution in [1.29, 1.82) is 0 Å². The van der Waals surface area contributed by atoms with Crippen LogP contribution in [0.4, 0.5) is 0 Å². The molecule has 3 rings (SSSR count). The molecule has 0 aliphatic rings. The number of nitrogens with one attached hydrogen (secondary N) is 1. The van der Waals surface area contributed by atoms with E-state index in [-0.39, 0.29) is 0 Å². The van der Waals surface area contributed by atoms with E-state index < -0.39 is 5.54 Å². The summed E-state index contributed by atoms with van der Waals surface area (Å²) >= 11 is 0. The molecule has 0 saturated heterocycles. The number of nitrogens with zero attached hydrogens (tertiary/aromatic N) is 3. The quantitative estimate of drug-likeness (QED) is 0.141. The average molecular weight is 417 g/mol. The summed E-state index contributed by atoms with van der Waals surface area (Å²) in [4.78, 5) is 2.70. The number of rotatable bonds is 13. The van der Waals surface area contributed by atoms with Crippen LogP contribution in [0.15, 0.2) is 96.1 Å². The molecule has 31 heavy (non-hydrogen) atoms. The van der Waals surface area contributed by atoms with Crippen molar-refractivity contribution >= 4 is 0 Å². The zero-order chi connectivity index (χ0) is 21.6. The molecule has 0 saturated carbocycles. The van der Waals surface area contributed by atoms with Crippen LogP contribution in [0.25, 0.3) is 10.4 Å². The minimum atomic E-state index is -0.487. The summed E-state index contributed by atoms with van der Waals surface area (Å²) in [5, 5.41) is 7.22. The minimum Gasteiger partial charge on any atom is -0.379 e. The van der Waals surface area contributed by atoms with Gasteiger partial charge < -0.3 is 9.47 Å². The molecule has 0 spiro atoms. The highest BCUT2D eigenvalue weighted by atomic mass is 16.5. The van der Waals surface area contributed by atoms with Gasteiger partial charge in [0, 0.05) is 18.0 Å². The second-order valence-electron chi connectivity index (χ2n) is 6.95. The van der Waals surface area contributed by atoms with Crippen molar-refractivity contribution in [2.24, 2.45) is 5.11 Å². The van der Waals surface area contributed by atoms with Gasteiger partial charge in [-0.15, -0.1) is 0 Å². The molecule has 0 aliphatic heterocycles. The summed E-state index contributed by atoms with van der Waals surface area (Å²) in [5.41, 5.74) is 11.3. The van der Waals surface area contributed by atoms with Crippen LogP contribution in [0.5, 0.6) is 0 Å². The zero-order valence-electron chi connectivity index (χ0n) is 17.6. The number of hydrogen-bond donors (Lipinski definition) is 1. The van der Waals surface area contributed by atoms with Gasteiger partial charge in [0.1, 0.15) is 0 Å². The van der Waals surface area contributed by atoms with Crippen LogP contribution in [0, 0.1) is 0 Å². The third kappa shape index (κ3) is 6.17. The fourth-order valence-electron chi connectivity index (χ4n) is 3.65. The number of hydrogen-bond acceptors (Lipinski definition) is 4. The molecule has 0 unspecified atom stereocenters. The fourth-order valence-corrected chi connectivity index (χ4v) is 3.65. The molecule has 1 N–H and O–H groups in total. The Labute approximate surface area is 183 Å². The van der Waals surface area contributed by atoms with Gasteiger partial charge in [0.2, 0.25) is 0 Å². The topological polar surface area (TPSA) is 79.3 Å². The lowest BCUT2D eigenvalue weighted by Crippen LogP contribution is -2.46. The minimum absolute atomic E-state index is 0.339. The highest BCUT2D eigenvalue weighted by Crippen LogP contribution is 2.36. The summed E-state index contributed by atoms with van der Waals surface area (Å²) in [7, 11) is 0. The normalized spacial score (nSPS) is 11.1. The molecular weight excluding hydrogens is 388 g/mol. The van der Waals surface area contributed by atoms with Gasteiger partial charge in [0.15, 0.2) is 0 Å². The van der Waals surface area contributed by atoms with Gasteiger partial charge >= 0.3 is 0 Å². The monoisotopic (exact) mass is 416 g/mol. The Morgan fingerprint density at radius 1 is 0.677 bits per heavy atom. The van der Waals surface area contributed by atoms with Gasteiger partial charge in [-0.1, -0.05) is 96.1 Å². The summed E-state index contributed by atoms with van der Waals surface area (Å²) in [5.74, 6) is 0. The van der Waals surface area contributed by atoms with Crippen molar-refractivity contribution in [2.75, 3.05) is 39.5 Å². The standard InChI is InChI=1S/C25H28N4O2/c26-29-28-17-19-31-21-20-30-18-16-27-25(22-10-4-1-5-11-22,23-12-6-2-7-13-23)24-14-8-3-9-15-24/h1-15,27H,16-21H2. The van der Waals surface area contributed by atoms with E-state index in [1.807, 2.05) is 18.2 Å². The molecule has 0 atom stereocenters. The molecular formula is C25H28N4O2. The van der Waals surface area contributed by atoms with Gasteiger partial charge in [-0.3, -0.25) is 5.32 Å². The van der Waals surface area contributed by atoms with Crippen molar-refractivity contribution in [2.45, 2.75) is 5.54 Å². The van der Waals surface area contributed by atoms with E-state index in [0.29, 0.717) is 39.5 Å². The summed E-state index contributed by atoms with van der Waals surface area (Å²) < 4.78 is 11.1. The lowest BCUT2D eigenvalue weighted by Gasteiger charge is -2.37. The second-order valence-corrected chi connectivity index (χ2v) is 6.95.